The third-order valence-electron chi connectivity index (χ3n) is 4.66. The number of para-hydroxylation sites is 1. The largest absolute Gasteiger partial charge is 0.324 e. The number of hydrogen-bond acceptors (Lipinski definition) is 2. The number of anilines is 1. The summed E-state index contributed by atoms with van der Waals surface area (Å²) in [7, 11) is 0. The van der Waals surface area contributed by atoms with E-state index in [0.29, 0.717) is 5.92 Å². The molecule has 0 radical (unpaired) electrons. The molecule has 3 heteroatoms. The second-order valence-corrected chi connectivity index (χ2v) is 6.71. The molecule has 1 aliphatic rings. The van der Waals surface area contributed by atoms with Crippen LogP contribution in [0.5, 0.6) is 0 Å². The van der Waals surface area contributed by atoms with Crippen LogP contribution in [0.25, 0.3) is 0 Å². The van der Waals surface area contributed by atoms with Crippen molar-refractivity contribution in [1.29, 1.82) is 0 Å². The zero-order valence-electron chi connectivity index (χ0n) is 14.3. The first-order valence-electron chi connectivity index (χ1n) is 8.73. The van der Waals surface area contributed by atoms with Crippen molar-refractivity contribution in [2.75, 3.05) is 18.4 Å². The van der Waals surface area contributed by atoms with E-state index in [2.05, 4.69) is 30.1 Å². The predicted molar refractivity (Wildman–Crippen MR) is 93.3 cm³/mol. The van der Waals surface area contributed by atoms with Gasteiger partial charge in [-0.3, -0.25) is 9.69 Å². The average molecular weight is 302 g/mol. The maximum Gasteiger partial charge on any atom is 0.241 e. The maximum atomic E-state index is 12.6. The highest BCUT2D eigenvalue weighted by molar-refractivity contribution is 5.95. The third kappa shape index (κ3) is 4.57. The highest BCUT2D eigenvalue weighted by Gasteiger charge is 2.22. The molecular weight excluding hydrogens is 272 g/mol. The summed E-state index contributed by atoms with van der Waals surface area (Å²) in [6.07, 6.45) is 6.35. The van der Waals surface area contributed by atoms with E-state index in [1.54, 1.807) is 0 Å². The van der Waals surface area contributed by atoms with Crippen LogP contribution in [-0.4, -0.2) is 29.9 Å². The van der Waals surface area contributed by atoms with Crippen molar-refractivity contribution in [3.63, 3.8) is 0 Å². The molecule has 1 aromatic carbocycles. The Hall–Kier alpha value is -1.35. The van der Waals surface area contributed by atoms with Crippen molar-refractivity contribution in [3.8, 4) is 0 Å². The van der Waals surface area contributed by atoms with Gasteiger partial charge in [-0.1, -0.05) is 51.3 Å². The van der Waals surface area contributed by atoms with Gasteiger partial charge in [0, 0.05) is 5.69 Å². The topological polar surface area (TPSA) is 32.3 Å². The Morgan fingerprint density at radius 3 is 2.23 bits per heavy atom. The molecule has 1 saturated heterocycles. The van der Waals surface area contributed by atoms with Crippen molar-refractivity contribution in [3.05, 3.63) is 29.8 Å². The predicted octanol–water partition coefficient (Wildman–Crippen LogP) is 4.40. The molecule has 2 rings (SSSR count). The lowest BCUT2D eigenvalue weighted by molar-refractivity contribution is -0.120. The van der Waals surface area contributed by atoms with Crippen LogP contribution in [0.2, 0.25) is 0 Å². The maximum absolute atomic E-state index is 12.6. The van der Waals surface area contributed by atoms with Gasteiger partial charge in [0.1, 0.15) is 0 Å². The molecule has 0 saturated carbocycles. The van der Waals surface area contributed by atoms with Crippen LogP contribution in [0.15, 0.2) is 24.3 Å². The summed E-state index contributed by atoms with van der Waals surface area (Å²) in [4.78, 5) is 15.0. The van der Waals surface area contributed by atoms with Gasteiger partial charge in [-0.05, 0) is 50.4 Å². The van der Waals surface area contributed by atoms with E-state index in [4.69, 9.17) is 0 Å². The lowest BCUT2D eigenvalue weighted by Crippen LogP contribution is -2.43. The van der Waals surface area contributed by atoms with Gasteiger partial charge in [-0.2, -0.15) is 0 Å². The van der Waals surface area contributed by atoms with E-state index in [9.17, 15) is 4.79 Å². The molecular formula is C19H30N2O. The van der Waals surface area contributed by atoms with Gasteiger partial charge in [0.05, 0.1) is 6.04 Å². The molecule has 1 fully saturated rings. The summed E-state index contributed by atoms with van der Waals surface area (Å²) in [5.41, 5.74) is 2.16. The number of nitrogens with one attached hydrogen (secondary N) is 1. The molecule has 0 aromatic heterocycles. The number of carbonyl (C=O) groups excluding carboxylic acids is 1. The summed E-state index contributed by atoms with van der Waals surface area (Å²) < 4.78 is 0. The highest BCUT2D eigenvalue weighted by Crippen LogP contribution is 2.24. The van der Waals surface area contributed by atoms with Gasteiger partial charge < -0.3 is 5.32 Å². The fraction of sp³-hybridized carbons (Fsp3) is 0.632. The minimum atomic E-state index is -0.0571. The molecule has 1 aliphatic heterocycles. The van der Waals surface area contributed by atoms with E-state index >= 15 is 0 Å². The standard InChI is InChI=1S/C19H30N2O/c1-15(2)17-11-7-8-12-18(17)20-19(22)16(3)21-13-9-5-4-6-10-14-21/h7-8,11-12,15-16H,4-6,9-10,13-14H2,1-3H3,(H,20,22)/t16-/m1/s1. The minimum Gasteiger partial charge on any atom is -0.324 e. The van der Waals surface area contributed by atoms with Crippen molar-refractivity contribution < 1.29 is 4.79 Å². The second-order valence-electron chi connectivity index (χ2n) is 6.71. The summed E-state index contributed by atoms with van der Waals surface area (Å²) in [6.45, 7) is 8.44. The van der Waals surface area contributed by atoms with Crippen molar-refractivity contribution in [2.45, 2.75) is 64.8 Å². The number of rotatable bonds is 4. The fourth-order valence-corrected chi connectivity index (χ4v) is 3.18. The van der Waals surface area contributed by atoms with Gasteiger partial charge in [0.25, 0.3) is 0 Å². The van der Waals surface area contributed by atoms with Crippen LogP contribution < -0.4 is 5.32 Å². The first-order valence-corrected chi connectivity index (χ1v) is 8.73. The lowest BCUT2D eigenvalue weighted by Gasteiger charge is -2.30. The van der Waals surface area contributed by atoms with E-state index in [0.717, 1.165) is 18.8 Å². The summed E-state index contributed by atoms with van der Waals surface area (Å²) in [6, 6.07) is 8.07. The van der Waals surface area contributed by atoms with E-state index < -0.39 is 0 Å². The number of hydrogen-bond donors (Lipinski definition) is 1. The summed E-state index contributed by atoms with van der Waals surface area (Å²) >= 11 is 0. The first kappa shape index (κ1) is 17.0. The van der Waals surface area contributed by atoms with Gasteiger partial charge in [0.15, 0.2) is 0 Å². The smallest absolute Gasteiger partial charge is 0.241 e. The molecule has 1 heterocycles. The molecule has 1 amide bonds. The fourth-order valence-electron chi connectivity index (χ4n) is 3.18. The molecule has 0 bridgehead atoms. The molecule has 22 heavy (non-hydrogen) atoms. The number of nitrogens with zero attached hydrogens (tertiary/aromatic N) is 1. The minimum absolute atomic E-state index is 0.0571. The number of likely N-dealkylation sites (tertiary alicyclic amines) is 1. The quantitative estimate of drug-likeness (QED) is 0.894. The number of carbonyl (C=O) groups is 1. The SMILES string of the molecule is CC(C)c1ccccc1NC(=O)[C@@H](C)N1CCCCCCC1. The number of benzene rings is 1. The zero-order chi connectivity index (χ0) is 15.9. The second kappa shape index (κ2) is 8.33. The van der Waals surface area contributed by atoms with E-state index in [-0.39, 0.29) is 11.9 Å². The highest BCUT2D eigenvalue weighted by atomic mass is 16.2. The molecule has 3 nitrogen and oxygen atoms in total. The van der Waals surface area contributed by atoms with Crippen LogP contribution in [-0.2, 0) is 4.79 Å². The van der Waals surface area contributed by atoms with Crippen LogP contribution in [0.4, 0.5) is 5.69 Å². The monoisotopic (exact) mass is 302 g/mol. The van der Waals surface area contributed by atoms with Gasteiger partial charge >= 0.3 is 0 Å². The zero-order valence-corrected chi connectivity index (χ0v) is 14.3. The van der Waals surface area contributed by atoms with Crippen molar-refractivity contribution >= 4 is 11.6 Å². The molecule has 1 atom stereocenters. The number of amides is 1. The molecule has 1 aromatic rings. The van der Waals surface area contributed by atoms with E-state index in [1.165, 1.54) is 37.7 Å². The Kier molecular flexibility index (Phi) is 6.44. The Labute approximate surface area is 135 Å². The third-order valence-corrected chi connectivity index (χ3v) is 4.66. The molecule has 0 aliphatic carbocycles. The molecule has 0 spiro atoms. The Bertz CT molecular complexity index is 476. The van der Waals surface area contributed by atoms with Crippen LogP contribution >= 0.6 is 0 Å². The Morgan fingerprint density at radius 2 is 1.59 bits per heavy atom. The van der Waals surface area contributed by atoms with Gasteiger partial charge in [0.2, 0.25) is 5.91 Å². The Morgan fingerprint density at radius 1 is 1.00 bits per heavy atom. The van der Waals surface area contributed by atoms with Gasteiger partial charge in [-0.25, -0.2) is 0 Å². The molecule has 1 N–H and O–H groups in total. The Balaban J connectivity index is 2.01. The van der Waals surface area contributed by atoms with Crippen LogP contribution in [0.1, 0.15) is 64.4 Å². The summed E-state index contributed by atoms with van der Waals surface area (Å²) in [5, 5.41) is 3.14. The normalized spacial score (nSPS) is 18.5. The van der Waals surface area contributed by atoms with E-state index in [1.807, 2.05) is 25.1 Å². The van der Waals surface area contributed by atoms with Gasteiger partial charge in [-0.15, -0.1) is 0 Å². The molecule has 122 valence electrons. The first-order chi connectivity index (χ1) is 10.6. The molecule has 0 unspecified atom stereocenters. The van der Waals surface area contributed by atoms with Crippen LogP contribution in [0.3, 0.4) is 0 Å². The lowest BCUT2D eigenvalue weighted by atomic mass is 10.0. The average Bonchev–Trinajstić information content (AvgIpc) is 2.46. The van der Waals surface area contributed by atoms with Crippen molar-refractivity contribution in [1.82, 2.24) is 4.90 Å². The summed E-state index contributed by atoms with van der Waals surface area (Å²) in [5.74, 6) is 0.530. The van der Waals surface area contributed by atoms with Crippen molar-refractivity contribution in [2.24, 2.45) is 0 Å². The van der Waals surface area contributed by atoms with Crippen LogP contribution in [0, 0.1) is 0 Å².